The number of nitrogens with zero attached hydrogens (tertiary/aromatic N) is 1. The fourth-order valence-electron chi connectivity index (χ4n) is 2.39. The molecule has 1 aromatic carbocycles. The average molecular weight is 302 g/mol. The van der Waals surface area contributed by atoms with E-state index in [9.17, 15) is 4.79 Å². The Balaban J connectivity index is 2.16. The number of allylic oxidation sites excluding steroid dienone is 1. The van der Waals surface area contributed by atoms with E-state index in [2.05, 4.69) is 12.1 Å². The third kappa shape index (κ3) is 7.99. The highest BCUT2D eigenvalue weighted by Gasteiger charge is 2.12. The number of benzene rings is 1. The quantitative estimate of drug-likeness (QED) is 0.424. The number of hydrogen-bond donors (Lipinski definition) is 0. The van der Waals surface area contributed by atoms with Crippen LogP contribution in [0.4, 0.5) is 0 Å². The van der Waals surface area contributed by atoms with E-state index in [0.717, 1.165) is 38.5 Å². The van der Waals surface area contributed by atoms with E-state index in [-0.39, 0.29) is 5.91 Å². The Hall–Kier alpha value is -1.61. The first kappa shape index (κ1) is 18.4. The molecule has 0 aliphatic heterocycles. The van der Waals surface area contributed by atoms with Crippen molar-refractivity contribution in [1.29, 1.82) is 0 Å². The molecular formula is C19H28NO2. The topological polar surface area (TPSA) is 29.5 Å². The van der Waals surface area contributed by atoms with Crippen molar-refractivity contribution < 1.29 is 9.63 Å². The molecule has 0 aromatic heterocycles. The predicted octanol–water partition coefficient (Wildman–Crippen LogP) is 4.34. The molecule has 0 saturated carbocycles. The summed E-state index contributed by atoms with van der Waals surface area (Å²) in [6, 6.07) is 10.1. The van der Waals surface area contributed by atoms with Crippen LogP contribution in [0, 0.1) is 6.58 Å². The van der Waals surface area contributed by atoms with Crippen molar-refractivity contribution >= 4 is 5.91 Å². The Morgan fingerprint density at radius 3 is 2.50 bits per heavy atom. The lowest BCUT2D eigenvalue weighted by Crippen LogP contribution is -2.31. The van der Waals surface area contributed by atoms with Crippen molar-refractivity contribution in [2.24, 2.45) is 0 Å². The Morgan fingerprint density at radius 2 is 1.82 bits per heavy atom. The highest BCUT2D eigenvalue weighted by atomic mass is 16.7. The minimum atomic E-state index is 0.0775. The molecule has 121 valence electrons. The first-order valence-electron chi connectivity index (χ1n) is 8.19. The van der Waals surface area contributed by atoms with Gasteiger partial charge in [0.15, 0.2) is 0 Å². The highest BCUT2D eigenvalue weighted by molar-refractivity contribution is 5.75. The molecule has 0 atom stereocenters. The molecule has 0 aliphatic rings. The van der Waals surface area contributed by atoms with Crippen LogP contribution in [0.15, 0.2) is 36.4 Å². The Morgan fingerprint density at radius 1 is 1.14 bits per heavy atom. The molecule has 22 heavy (non-hydrogen) atoms. The molecule has 3 nitrogen and oxygen atoms in total. The second-order valence-corrected chi connectivity index (χ2v) is 5.46. The van der Waals surface area contributed by atoms with Crippen LogP contribution in [0.5, 0.6) is 0 Å². The lowest BCUT2D eigenvalue weighted by molar-refractivity contribution is -0.176. The molecule has 1 amide bonds. The van der Waals surface area contributed by atoms with Crippen LogP contribution >= 0.6 is 0 Å². The van der Waals surface area contributed by atoms with Gasteiger partial charge in [-0.15, -0.1) is 0 Å². The minimum absolute atomic E-state index is 0.0775. The predicted molar refractivity (Wildman–Crippen MR) is 90.1 cm³/mol. The van der Waals surface area contributed by atoms with E-state index >= 15 is 0 Å². The van der Waals surface area contributed by atoms with E-state index in [1.54, 1.807) is 13.2 Å². The van der Waals surface area contributed by atoms with Gasteiger partial charge in [0.2, 0.25) is 5.91 Å². The lowest BCUT2D eigenvalue weighted by atomic mass is 10.1. The first-order valence-corrected chi connectivity index (χ1v) is 8.19. The zero-order chi connectivity index (χ0) is 16.0. The van der Waals surface area contributed by atoms with Crippen molar-refractivity contribution in [2.45, 2.75) is 51.4 Å². The molecule has 0 aliphatic carbocycles. The standard InChI is InChI=1S/C19H28NO2/c1-3-4-5-6-7-8-12-15-19(21)20(22-2)17-16-18-13-10-9-11-14-18/h1,3,9-11,13-14H,4-8,12,15-17H2,2H3. The third-order valence-corrected chi connectivity index (χ3v) is 3.71. The normalized spacial score (nSPS) is 10.4. The van der Waals surface area contributed by atoms with Crippen LogP contribution < -0.4 is 0 Å². The average Bonchev–Trinajstić information content (AvgIpc) is 2.55. The molecule has 1 rings (SSSR count). The molecule has 0 bridgehead atoms. The zero-order valence-electron chi connectivity index (χ0n) is 13.7. The van der Waals surface area contributed by atoms with Gasteiger partial charge in [-0.2, -0.15) is 0 Å². The van der Waals surface area contributed by atoms with Crippen molar-refractivity contribution in [3.8, 4) is 0 Å². The number of rotatable bonds is 12. The molecule has 0 heterocycles. The number of hydroxylamine groups is 2. The summed E-state index contributed by atoms with van der Waals surface area (Å²) < 4.78 is 0. The van der Waals surface area contributed by atoms with E-state index in [1.807, 2.05) is 18.2 Å². The Kier molecular flexibility index (Phi) is 10.0. The molecular weight excluding hydrogens is 274 g/mol. The fourth-order valence-corrected chi connectivity index (χ4v) is 2.39. The van der Waals surface area contributed by atoms with E-state index in [1.165, 1.54) is 17.0 Å². The summed E-state index contributed by atoms with van der Waals surface area (Å²) >= 11 is 0. The summed E-state index contributed by atoms with van der Waals surface area (Å²) in [5.74, 6) is 0.0775. The van der Waals surface area contributed by atoms with E-state index < -0.39 is 0 Å². The molecule has 0 N–H and O–H groups in total. The largest absolute Gasteiger partial charge is 0.274 e. The summed E-state index contributed by atoms with van der Waals surface area (Å²) in [5.41, 5.74) is 1.22. The maximum atomic E-state index is 12.1. The van der Waals surface area contributed by atoms with Crippen LogP contribution in [-0.4, -0.2) is 24.6 Å². The van der Waals surface area contributed by atoms with Gasteiger partial charge in [-0.3, -0.25) is 9.63 Å². The van der Waals surface area contributed by atoms with Crippen LogP contribution in [0.25, 0.3) is 0 Å². The van der Waals surface area contributed by atoms with Gasteiger partial charge >= 0.3 is 0 Å². The molecule has 1 radical (unpaired) electrons. The summed E-state index contributed by atoms with van der Waals surface area (Å²) in [7, 11) is 1.56. The summed E-state index contributed by atoms with van der Waals surface area (Å²) in [5, 5.41) is 1.48. The number of unbranched alkanes of at least 4 members (excludes halogenated alkanes) is 5. The van der Waals surface area contributed by atoms with Crippen molar-refractivity contribution in [3.63, 3.8) is 0 Å². The fraction of sp³-hybridized carbons (Fsp3) is 0.526. The number of carbonyl (C=O) groups excluding carboxylic acids is 1. The van der Waals surface area contributed by atoms with Crippen LogP contribution in [-0.2, 0) is 16.1 Å². The van der Waals surface area contributed by atoms with Gasteiger partial charge < -0.3 is 0 Å². The molecule has 0 fully saturated rings. The Bertz CT molecular complexity index is 417. The van der Waals surface area contributed by atoms with E-state index in [4.69, 9.17) is 11.4 Å². The third-order valence-electron chi connectivity index (χ3n) is 3.71. The SMILES string of the molecule is [CH]=CCCCCCCCC(=O)N(CCc1ccccc1)OC. The molecule has 3 heteroatoms. The molecule has 0 saturated heterocycles. The lowest BCUT2D eigenvalue weighted by Gasteiger charge is -2.19. The second kappa shape index (κ2) is 12.0. The molecule has 1 aromatic rings. The van der Waals surface area contributed by atoms with Gasteiger partial charge in [0.1, 0.15) is 0 Å². The monoisotopic (exact) mass is 302 g/mol. The molecule has 0 spiro atoms. The maximum absolute atomic E-state index is 12.1. The van der Waals surface area contributed by atoms with E-state index in [0.29, 0.717) is 13.0 Å². The summed E-state index contributed by atoms with van der Waals surface area (Å²) in [6.07, 6.45) is 9.58. The minimum Gasteiger partial charge on any atom is -0.274 e. The van der Waals surface area contributed by atoms with Crippen LogP contribution in [0.2, 0.25) is 0 Å². The maximum Gasteiger partial charge on any atom is 0.246 e. The van der Waals surface area contributed by atoms with Crippen LogP contribution in [0.1, 0.15) is 50.5 Å². The van der Waals surface area contributed by atoms with Gasteiger partial charge in [0.25, 0.3) is 0 Å². The van der Waals surface area contributed by atoms with Crippen LogP contribution in [0.3, 0.4) is 0 Å². The summed E-state index contributed by atoms with van der Waals surface area (Å²) in [6.45, 7) is 5.94. The molecule has 0 unspecified atom stereocenters. The number of hydrogen-bond acceptors (Lipinski definition) is 2. The second-order valence-electron chi connectivity index (χ2n) is 5.46. The van der Waals surface area contributed by atoms with Crippen molar-refractivity contribution in [3.05, 3.63) is 48.6 Å². The number of carbonyl (C=O) groups is 1. The highest BCUT2D eigenvalue weighted by Crippen LogP contribution is 2.09. The summed E-state index contributed by atoms with van der Waals surface area (Å²) in [4.78, 5) is 17.3. The zero-order valence-corrected chi connectivity index (χ0v) is 13.7. The van der Waals surface area contributed by atoms with Gasteiger partial charge in [-0.1, -0.05) is 62.2 Å². The van der Waals surface area contributed by atoms with Gasteiger partial charge in [-0.05, 0) is 31.2 Å². The van der Waals surface area contributed by atoms with Gasteiger partial charge in [-0.25, -0.2) is 5.06 Å². The van der Waals surface area contributed by atoms with Crippen molar-refractivity contribution in [2.75, 3.05) is 13.7 Å². The van der Waals surface area contributed by atoms with Gasteiger partial charge in [0, 0.05) is 6.42 Å². The van der Waals surface area contributed by atoms with Gasteiger partial charge in [0.05, 0.1) is 13.7 Å². The van der Waals surface area contributed by atoms with Crippen molar-refractivity contribution in [1.82, 2.24) is 5.06 Å². The smallest absolute Gasteiger partial charge is 0.246 e. The first-order chi connectivity index (χ1) is 10.8. The Labute approximate surface area is 134 Å². The number of amides is 1.